The van der Waals surface area contributed by atoms with Gasteiger partial charge >= 0.3 is 0 Å². The monoisotopic (exact) mass is 268 g/mol. The molecule has 1 nitrogen and oxygen atoms in total. The van der Waals surface area contributed by atoms with Crippen LogP contribution in [0, 0.1) is 0 Å². The van der Waals surface area contributed by atoms with Crippen LogP contribution in [-0.2, 0) is 0 Å². The molecule has 1 heteroatoms. The van der Waals surface area contributed by atoms with E-state index in [0.29, 0.717) is 0 Å². The normalized spacial score (nSPS) is 12.4. The van der Waals surface area contributed by atoms with Gasteiger partial charge in [0.25, 0.3) is 0 Å². The molecule has 0 bridgehead atoms. The zero-order valence-electron chi connectivity index (χ0n) is 14.1. The predicted octanol–water partition coefficient (Wildman–Crippen LogP) is 5.56. The summed E-state index contributed by atoms with van der Waals surface area (Å²) in [5, 5.41) is 0. The van der Waals surface area contributed by atoms with E-state index in [-0.39, 0.29) is 0 Å². The first-order chi connectivity index (χ1) is 9.12. The molecule has 0 N–H and O–H groups in total. The largest absolute Gasteiger partial charge is 0.325 e. The third-order valence-electron chi connectivity index (χ3n) is 3.95. The Morgan fingerprint density at radius 1 is 0.737 bits per heavy atom. The van der Waals surface area contributed by atoms with Gasteiger partial charge in [-0.3, -0.25) is 0 Å². The Morgan fingerprint density at radius 2 is 1.21 bits per heavy atom. The van der Waals surface area contributed by atoms with E-state index in [1.807, 2.05) is 0 Å². The molecule has 0 atom stereocenters. The summed E-state index contributed by atoms with van der Waals surface area (Å²) in [6, 6.07) is 0. The van der Waals surface area contributed by atoms with Gasteiger partial charge in [-0.05, 0) is 25.8 Å². The van der Waals surface area contributed by atoms with Crippen molar-refractivity contribution in [2.24, 2.45) is 0 Å². The Morgan fingerprint density at radius 3 is 1.68 bits per heavy atom. The lowest BCUT2D eigenvalue weighted by Crippen LogP contribution is -2.40. The topological polar surface area (TPSA) is 0 Å². The maximum Gasteiger partial charge on any atom is 0.0969 e. The fourth-order valence-electron chi connectivity index (χ4n) is 2.51. The molecule has 0 rings (SSSR count). The molecule has 0 spiro atoms. The number of allylic oxidation sites excluding steroid dienone is 1. The van der Waals surface area contributed by atoms with Crippen molar-refractivity contribution >= 4 is 0 Å². The average molecular weight is 269 g/mol. The van der Waals surface area contributed by atoms with Gasteiger partial charge in [-0.25, -0.2) is 0 Å². The van der Waals surface area contributed by atoms with Crippen LogP contribution in [0.3, 0.4) is 0 Å². The molecule has 0 aromatic rings. The van der Waals surface area contributed by atoms with Crippen LogP contribution < -0.4 is 0 Å². The first kappa shape index (κ1) is 18.7. The number of quaternary nitrogens is 1. The number of nitrogens with zero attached hydrogens (tertiary/aromatic N) is 1. The summed E-state index contributed by atoms with van der Waals surface area (Å²) < 4.78 is 1.14. The van der Waals surface area contributed by atoms with Gasteiger partial charge in [-0.1, -0.05) is 64.4 Å². The number of hydrogen-bond donors (Lipinski definition) is 0. The molecular formula is C18H38N+. The van der Waals surface area contributed by atoms with Crippen LogP contribution in [0.15, 0.2) is 12.2 Å². The highest BCUT2D eigenvalue weighted by Gasteiger charge is 2.11. The summed E-state index contributed by atoms with van der Waals surface area (Å²) in [4.78, 5) is 0. The summed E-state index contributed by atoms with van der Waals surface area (Å²) in [6.07, 6.45) is 18.8. The Hall–Kier alpha value is -0.300. The molecule has 19 heavy (non-hydrogen) atoms. The molecule has 0 unspecified atom stereocenters. The highest BCUT2D eigenvalue weighted by Crippen LogP contribution is 2.11. The first-order valence-corrected chi connectivity index (χ1v) is 8.55. The third kappa shape index (κ3) is 13.9. The van der Waals surface area contributed by atoms with Crippen LogP contribution in [-0.4, -0.2) is 31.7 Å². The van der Waals surface area contributed by atoms with Gasteiger partial charge in [-0.15, -0.1) is 0 Å². The second-order valence-electron chi connectivity index (χ2n) is 6.59. The van der Waals surface area contributed by atoms with Crippen molar-refractivity contribution < 1.29 is 4.48 Å². The van der Waals surface area contributed by atoms with Gasteiger partial charge in [0.1, 0.15) is 0 Å². The summed E-state index contributed by atoms with van der Waals surface area (Å²) in [7, 11) is 4.68. The molecule has 0 aromatic carbocycles. The Balaban J connectivity index is 3.26. The van der Waals surface area contributed by atoms with E-state index < -0.39 is 0 Å². The standard InChI is InChI=1S/C18H38N/c1-5-7-9-10-11-12-13-14-15-16-18-19(3,4)17-8-6-2/h6,8H,5,7,9-18H2,1-4H3/q+1. The minimum absolute atomic E-state index is 1.14. The van der Waals surface area contributed by atoms with Gasteiger partial charge in [0.15, 0.2) is 0 Å². The minimum atomic E-state index is 1.14. The molecule has 0 aromatic heterocycles. The Labute approximate surface area is 122 Å². The van der Waals surface area contributed by atoms with Gasteiger partial charge in [0.2, 0.25) is 0 Å². The molecule has 0 saturated heterocycles. The quantitative estimate of drug-likeness (QED) is 0.233. The summed E-state index contributed by atoms with van der Waals surface area (Å²) in [5.41, 5.74) is 0. The van der Waals surface area contributed by atoms with Crippen LogP contribution in [0.4, 0.5) is 0 Å². The van der Waals surface area contributed by atoms with E-state index in [0.717, 1.165) is 4.48 Å². The number of rotatable bonds is 13. The zero-order valence-corrected chi connectivity index (χ0v) is 14.1. The van der Waals surface area contributed by atoms with Crippen molar-refractivity contribution in [1.82, 2.24) is 0 Å². The summed E-state index contributed by atoms with van der Waals surface area (Å²) in [6.45, 7) is 6.89. The highest BCUT2D eigenvalue weighted by atomic mass is 15.3. The second-order valence-corrected chi connectivity index (χ2v) is 6.59. The number of hydrogen-bond acceptors (Lipinski definition) is 0. The molecule has 0 aliphatic carbocycles. The van der Waals surface area contributed by atoms with E-state index in [9.17, 15) is 0 Å². The van der Waals surface area contributed by atoms with Crippen molar-refractivity contribution in [3.05, 3.63) is 12.2 Å². The van der Waals surface area contributed by atoms with Crippen LogP contribution in [0.2, 0.25) is 0 Å². The summed E-state index contributed by atoms with van der Waals surface area (Å²) in [5.74, 6) is 0. The lowest BCUT2D eigenvalue weighted by atomic mass is 10.1. The van der Waals surface area contributed by atoms with Crippen molar-refractivity contribution in [3.8, 4) is 0 Å². The van der Waals surface area contributed by atoms with E-state index in [1.165, 1.54) is 77.3 Å². The molecular weight excluding hydrogens is 230 g/mol. The lowest BCUT2D eigenvalue weighted by Gasteiger charge is -2.28. The second kappa shape index (κ2) is 12.7. The molecule has 0 amide bonds. The first-order valence-electron chi connectivity index (χ1n) is 8.55. The lowest BCUT2D eigenvalue weighted by molar-refractivity contribution is -0.884. The van der Waals surface area contributed by atoms with E-state index in [2.05, 4.69) is 40.1 Å². The van der Waals surface area contributed by atoms with Gasteiger partial charge in [0, 0.05) is 0 Å². The number of unbranched alkanes of at least 4 members (excludes halogenated alkanes) is 9. The fraction of sp³-hybridized carbons (Fsp3) is 0.889. The SMILES string of the molecule is CC=CC[N+](C)(C)CCCCCCCCCCCC. The Kier molecular flexibility index (Phi) is 12.5. The summed E-state index contributed by atoms with van der Waals surface area (Å²) >= 11 is 0. The molecule has 0 fully saturated rings. The highest BCUT2D eigenvalue weighted by molar-refractivity contribution is 4.76. The van der Waals surface area contributed by atoms with Crippen molar-refractivity contribution in [2.45, 2.75) is 78.1 Å². The fourth-order valence-corrected chi connectivity index (χ4v) is 2.51. The van der Waals surface area contributed by atoms with Gasteiger partial charge in [-0.2, -0.15) is 0 Å². The van der Waals surface area contributed by atoms with E-state index >= 15 is 0 Å². The molecule has 0 heterocycles. The van der Waals surface area contributed by atoms with Gasteiger partial charge in [0.05, 0.1) is 27.2 Å². The van der Waals surface area contributed by atoms with Crippen molar-refractivity contribution in [3.63, 3.8) is 0 Å². The van der Waals surface area contributed by atoms with Crippen molar-refractivity contribution in [2.75, 3.05) is 27.2 Å². The van der Waals surface area contributed by atoms with Crippen molar-refractivity contribution in [1.29, 1.82) is 0 Å². The van der Waals surface area contributed by atoms with Crippen LogP contribution >= 0.6 is 0 Å². The Bertz CT molecular complexity index is 206. The minimum Gasteiger partial charge on any atom is -0.325 e. The van der Waals surface area contributed by atoms with Crippen LogP contribution in [0.25, 0.3) is 0 Å². The molecule has 0 aliphatic rings. The maximum absolute atomic E-state index is 2.34. The maximum atomic E-state index is 2.34. The average Bonchev–Trinajstić information content (AvgIpc) is 2.38. The molecule has 114 valence electrons. The van der Waals surface area contributed by atoms with E-state index in [4.69, 9.17) is 0 Å². The predicted molar refractivity (Wildman–Crippen MR) is 88.5 cm³/mol. The zero-order chi connectivity index (χ0) is 14.4. The number of likely N-dealkylation sites (N-methyl/N-ethyl adjacent to an activating group) is 1. The molecule has 0 radical (unpaired) electrons. The van der Waals surface area contributed by atoms with Crippen LogP contribution in [0.5, 0.6) is 0 Å². The molecule has 0 saturated carbocycles. The third-order valence-corrected chi connectivity index (χ3v) is 3.95. The smallest absolute Gasteiger partial charge is 0.0969 e. The van der Waals surface area contributed by atoms with Gasteiger partial charge < -0.3 is 4.48 Å². The van der Waals surface area contributed by atoms with E-state index in [1.54, 1.807) is 0 Å². The van der Waals surface area contributed by atoms with Crippen LogP contribution in [0.1, 0.15) is 78.1 Å². The molecule has 0 aliphatic heterocycles.